The summed E-state index contributed by atoms with van der Waals surface area (Å²) < 4.78 is 12.6. The van der Waals surface area contributed by atoms with Crippen molar-refractivity contribution in [1.82, 2.24) is 15.1 Å². The fraction of sp³-hybridized carbons (Fsp3) is 0.786. The summed E-state index contributed by atoms with van der Waals surface area (Å²) in [6.45, 7) is 8.25. The highest BCUT2D eigenvalue weighted by Gasteiger charge is 2.14. The summed E-state index contributed by atoms with van der Waals surface area (Å²) in [5.41, 5.74) is 1.24. The molecule has 0 fully saturated rings. The van der Waals surface area contributed by atoms with Gasteiger partial charge in [0.25, 0.3) is 0 Å². The van der Waals surface area contributed by atoms with Crippen LogP contribution in [0.3, 0.4) is 0 Å². The molecule has 1 unspecified atom stereocenters. The first-order valence-corrected chi connectivity index (χ1v) is 7.15. The van der Waals surface area contributed by atoms with E-state index >= 15 is 0 Å². The van der Waals surface area contributed by atoms with Gasteiger partial charge in [0.1, 0.15) is 0 Å². The Labute approximate surface area is 116 Å². The van der Waals surface area contributed by atoms with E-state index < -0.39 is 0 Å². The molecule has 19 heavy (non-hydrogen) atoms. The van der Waals surface area contributed by atoms with Crippen molar-refractivity contribution in [2.45, 2.75) is 39.3 Å². The van der Waals surface area contributed by atoms with E-state index in [2.05, 4.69) is 30.3 Å². The van der Waals surface area contributed by atoms with E-state index in [0.717, 1.165) is 32.5 Å². The molecule has 0 saturated heterocycles. The molecule has 1 aromatic heterocycles. The first-order valence-electron chi connectivity index (χ1n) is 7.15. The lowest BCUT2D eigenvalue weighted by Crippen LogP contribution is -2.26. The average molecular weight is 269 g/mol. The second-order valence-electron chi connectivity index (χ2n) is 4.47. The fourth-order valence-electron chi connectivity index (χ4n) is 2.02. The van der Waals surface area contributed by atoms with E-state index in [9.17, 15) is 0 Å². The van der Waals surface area contributed by atoms with Crippen LogP contribution in [0.2, 0.25) is 0 Å². The monoisotopic (exact) mass is 269 g/mol. The minimum absolute atomic E-state index is 0.310. The number of methoxy groups -OCH3 is 1. The normalized spacial score (nSPS) is 12.8. The van der Waals surface area contributed by atoms with Crippen molar-refractivity contribution in [3.8, 4) is 0 Å². The molecule has 1 heterocycles. The van der Waals surface area contributed by atoms with Gasteiger partial charge < -0.3 is 14.8 Å². The largest absolute Gasteiger partial charge is 0.382 e. The van der Waals surface area contributed by atoms with Crippen LogP contribution in [0.15, 0.2) is 12.3 Å². The summed E-state index contributed by atoms with van der Waals surface area (Å²) in [6, 6.07) is 2.40. The van der Waals surface area contributed by atoms with Gasteiger partial charge in [-0.15, -0.1) is 0 Å². The second kappa shape index (κ2) is 9.95. The van der Waals surface area contributed by atoms with E-state index in [0.29, 0.717) is 19.3 Å². The Morgan fingerprint density at radius 3 is 2.84 bits per heavy atom. The molecule has 5 nitrogen and oxygen atoms in total. The van der Waals surface area contributed by atoms with E-state index in [1.165, 1.54) is 5.69 Å². The first kappa shape index (κ1) is 16.1. The van der Waals surface area contributed by atoms with Crippen LogP contribution in [0.5, 0.6) is 0 Å². The number of ether oxygens (including phenoxy) is 2. The first-order chi connectivity index (χ1) is 9.33. The van der Waals surface area contributed by atoms with E-state index in [4.69, 9.17) is 9.47 Å². The number of rotatable bonds is 11. The van der Waals surface area contributed by atoms with Crippen LogP contribution >= 0.6 is 0 Å². The van der Waals surface area contributed by atoms with Gasteiger partial charge in [0.05, 0.1) is 24.9 Å². The Kier molecular flexibility index (Phi) is 8.45. The zero-order valence-corrected chi connectivity index (χ0v) is 12.4. The highest BCUT2D eigenvalue weighted by molar-refractivity contribution is 5.07. The molecule has 1 aromatic rings. The van der Waals surface area contributed by atoms with Crippen LogP contribution in [0.25, 0.3) is 0 Å². The molecular weight excluding hydrogens is 242 g/mol. The summed E-state index contributed by atoms with van der Waals surface area (Å²) in [7, 11) is 1.69. The Morgan fingerprint density at radius 1 is 1.32 bits per heavy atom. The molecule has 0 amide bonds. The lowest BCUT2D eigenvalue weighted by Gasteiger charge is -2.19. The smallest absolute Gasteiger partial charge is 0.0700 e. The minimum atomic E-state index is 0.310. The Morgan fingerprint density at radius 2 is 2.16 bits per heavy atom. The van der Waals surface area contributed by atoms with Crippen molar-refractivity contribution in [3.63, 3.8) is 0 Å². The molecule has 0 aliphatic rings. The van der Waals surface area contributed by atoms with Crippen molar-refractivity contribution in [3.05, 3.63) is 18.0 Å². The molecule has 0 aliphatic heterocycles. The molecule has 1 N–H and O–H groups in total. The molecule has 1 atom stereocenters. The van der Waals surface area contributed by atoms with Gasteiger partial charge in [0.15, 0.2) is 0 Å². The summed E-state index contributed by atoms with van der Waals surface area (Å²) in [4.78, 5) is 0. The highest BCUT2D eigenvalue weighted by atomic mass is 16.5. The maximum atomic E-state index is 5.56. The van der Waals surface area contributed by atoms with Crippen LogP contribution < -0.4 is 5.32 Å². The van der Waals surface area contributed by atoms with Crippen LogP contribution in [0.4, 0.5) is 0 Å². The number of hydrogen-bond acceptors (Lipinski definition) is 4. The van der Waals surface area contributed by atoms with Crippen molar-refractivity contribution in [1.29, 1.82) is 0 Å². The van der Waals surface area contributed by atoms with Gasteiger partial charge in [-0.25, -0.2) is 0 Å². The van der Waals surface area contributed by atoms with E-state index in [1.807, 2.05) is 10.9 Å². The van der Waals surface area contributed by atoms with Crippen molar-refractivity contribution >= 4 is 0 Å². The molecule has 5 heteroatoms. The molecule has 1 rings (SSSR count). The van der Waals surface area contributed by atoms with E-state index in [-0.39, 0.29) is 0 Å². The number of aromatic nitrogens is 2. The third-order valence-corrected chi connectivity index (χ3v) is 3.03. The van der Waals surface area contributed by atoms with Gasteiger partial charge >= 0.3 is 0 Å². The van der Waals surface area contributed by atoms with Crippen molar-refractivity contribution in [2.24, 2.45) is 0 Å². The zero-order valence-electron chi connectivity index (χ0n) is 12.4. The Hall–Kier alpha value is -0.910. The molecular formula is C14H27N3O2. The van der Waals surface area contributed by atoms with Gasteiger partial charge in [-0.05, 0) is 32.4 Å². The maximum absolute atomic E-state index is 5.56. The standard InChI is InChI=1S/C14H27N3O2/c1-4-8-15-13(7-10-19-12-11-18-3)14-6-9-16-17(14)5-2/h6,9,13,15H,4-5,7-8,10-12H2,1-3H3. The summed E-state index contributed by atoms with van der Waals surface area (Å²) in [6.07, 6.45) is 3.95. The molecule has 0 aromatic carbocycles. The summed E-state index contributed by atoms with van der Waals surface area (Å²) in [5, 5.41) is 7.90. The fourth-order valence-corrected chi connectivity index (χ4v) is 2.02. The lowest BCUT2D eigenvalue weighted by molar-refractivity contribution is 0.0654. The van der Waals surface area contributed by atoms with Gasteiger partial charge in [0, 0.05) is 26.5 Å². The molecule has 0 radical (unpaired) electrons. The average Bonchev–Trinajstić information content (AvgIpc) is 2.90. The molecule has 0 spiro atoms. The van der Waals surface area contributed by atoms with Gasteiger partial charge in [-0.2, -0.15) is 5.10 Å². The molecule has 0 saturated carbocycles. The summed E-state index contributed by atoms with van der Waals surface area (Å²) >= 11 is 0. The van der Waals surface area contributed by atoms with Crippen LogP contribution in [0.1, 0.15) is 38.4 Å². The number of nitrogens with one attached hydrogen (secondary N) is 1. The van der Waals surface area contributed by atoms with Gasteiger partial charge in [-0.1, -0.05) is 6.92 Å². The SMILES string of the molecule is CCCNC(CCOCCOC)c1ccnn1CC. The Balaban J connectivity index is 2.47. The topological polar surface area (TPSA) is 48.3 Å². The van der Waals surface area contributed by atoms with Gasteiger partial charge in [0.2, 0.25) is 0 Å². The highest BCUT2D eigenvalue weighted by Crippen LogP contribution is 2.16. The molecule has 110 valence electrons. The third-order valence-electron chi connectivity index (χ3n) is 3.03. The van der Waals surface area contributed by atoms with Crippen LogP contribution in [0, 0.1) is 0 Å². The predicted molar refractivity (Wildman–Crippen MR) is 76.2 cm³/mol. The summed E-state index contributed by atoms with van der Waals surface area (Å²) in [5.74, 6) is 0. The maximum Gasteiger partial charge on any atom is 0.0700 e. The van der Waals surface area contributed by atoms with Gasteiger partial charge in [-0.3, -0.25) is 4.68 Å². The number of aryl methyl sites for hydroxylation is 1. The molecule has 0 bridgehead atoms. The number of hydrogen-bond donors (Lipinski definition) is 1. The predicted octanol–water partition coefficient (Wildman–Crippen LogP) is 2.00. The Bertz CT molecular complexity index is 328. The third kappa shape index (κ3) is 5.72. The molecule has 0 aliphatic carbocycles. The van der Waals surface area contributed by atoms with Crippen LogP contribution in [-0.4, -0.2) is 43.3 Å². The zero-order chi connectivity index (χ0) is 13.9. The lowest BCUT2D eigenvalue weighted by atomic mass is 10.1. The minimum Gasteiger partial charge on any atom is -0.382 e. The van der Waals surface area contributed by atoms with E-state index in [1.54, 1.807) is 7.11 Å². The van der Waals surface area contributed by atoms with Crippen molar-refractivity contribution in [2.75, 3.05) is 33.5 Å². The number of nitrogens with zero attached hydrogens (tertiary/aromatic N) is 2. The van der Waals surface area contributed by atoms with Crippen molar-refractivity contribution < 1.29 is 9.47 Å². The quantitative estimate of drug-likeness (QED) is 0.624. The van der Waals surface area contributed by atoms with Crippen LogP contribution in [-0.2, 0) is 16.0 Å². The second-order valence-corrected chi connectivity index (χ2v) is 4.47.